The van der Waals surface area contributed by atoms with Gasteiger partial charge in [-0.05, 0) is 58.0 Å². The van der Waals surface area contributed by atoms with E-state index in [1.165, 1.54) is 37.6 Å². The lowest BCUT2D eigenvalue weighted by molar-refractivity contribution is -0.385. The monoisotopic (exact) mass is 563 g/mol. The van der Waals surface area contributed by atoms with Crippen molar-refractivity contribution in [3.63, 3.8) is 0 Å². The summed E-state index contributed by atoms with van der Waals surface area (Å²) < 4.78 is 12.1. The van der Waals surface area contributed by atoms with E-state index in [1.807, 2.05) is 6.07 Å². The van der Waals surface area contributed by atoms with Crippen LogP contribution in [-0.4, -0.2) is 23.2 Å². The van der Waals surface area contributed by atoms with Gasteiger partial charge in [-0.15, -0.1) is 0 Å². The summed E-state index contributed by atoms with van der Waals surface area (Å²) in [5.41, 5.74) is 2.12. The van der Waals surface area contributed by atoms with Crippen molar-refractivity contribution in [1.82, 2.24) is 0 Å². The molecule has 10 nitrogen and oxygen atoms in total. The van der Waals surface area contributed by atoms with Crippen LogP contribution in [-0.2, 0) is 18.1 Å². The normalized spacial score (nSPS) is 10.7. The molecule has 0 saturated heterocycles. The molecular weight excluding hydrogens is 545 g/mol. The summed E-state index contributed by atoms with van der Waals surface area (Å²) in [5, 5.41) is 25.5. The van der Waals surface area contributed by atoms with Crippen LogP contribution in [0.1, 0.15) is 16.7 Å². The number of nitrogens with zero attached hydrogens (tertiary/aromatic N) is 3. The molecule has 0 aromatic heterocycles. The largest absolute Gasteiger partial charge is 0.493 e. The zero-order valence-corrected chi connectivity index (χ0v) is 19.5. The Morgan fingerprint density at radius 1 is 0.939 bits per heavy atom. The van der Waals surface area contributed by atoms with E-state index in [2.05, 4.69) is 27.7 Å². The zero-order valence-electron chi connectivity index (χ0n) is 17.3. The van der Waals surface area contributed by atoms with E-state index in [0.29, 0.717) is 22.6 Å². The first kappa shape index (κ1) is 23.9. The molecule has 0 N–H and O–H groups in total. The highest BCUT2D eigenvalue weighted by atomic mass is 127. The van der Waals surface area contributed by atoms with Gasteiger partial charge in [0.25, 0.3) is 11.4 Å². The molecular formula is C22H18IN3O7. The van der Waals surface area contributed by atoms with Gasteiger partial charge in [0.2, 0.25) is 0 Å². The molecule has 0 aliphatic rings. The lowest BCUT2D eigenvalue weighted by atomic mass is 10.2. The predicted molar refractivity (Wildman–Crippen MR) is 129 cm³/mol. The van der Waals surface area contributed by atoms with Gasteiger partial charge in [0.15, 0.2) is 11.5 Å². The first-order chi connectivity index (χ1) is 15.9. The summed E-state index contributed by atoms with van der Waals surface area (Å²) in [6.07, 6.45) is 1.50. The molecule has 3 rings (SSSR count). The van der Waals surface area contributed by atoms with Crippen molar-refractivity contribution in [2.45, 2.75) is 13.2 Å². The molecule has 0 saturated carbocycles. The fourth-order valence-corrected chi connectivity index (χ4v) is 3.57. The molecule has 0 aliphatic carbocycles. The Balaban J connectivity index is 1.63. The standard InChI is InChI=1S/C22H18IN3O7/c1-31-21-11-17(12-24-33-14-16-3-2-4-19(9-16)26(29)30)10-20(23)22(21)32-13-15-5-7-18(8-6-15)25(27)28/h2-12H,13-14H2,1H3/b24-12-. The molecule has 0 aliphatic heterocycles. The van der Waals surface area contributed by atoms with Crippen molar-refractivity contribution in [3.8, 4) is 11.5 Å². The third kappa shape index (κ3) is 6.62. The maximum atomic E-state index is 10.8. The van der Waals surface area contributed by atoms with Crippen molar-refractivity contribution < 1.29 is 24.2 Å². The maximum absolute atomic E-state index is 10.8. The lowest BCUT2D eigenvalue weighted by Gasteiger charge is -2.13. The fraction of sp³-hybridized carbons (Fsp3) is 0.136. The third-order valence-corrected chi connectivity index (χ3v) is 5.21. The highest BCUT2D eigenvalue weighted by Gasteiger charge is 2.12. The molecule has 0 bridgehead atoms. The van der Waals surface area contributed by atoms with Gasteiger partial charge in [-0.1, -0.05) is 17.3 Å². The average Bonchev–Trinajstić information content (AvgIpc) is 2.81. The van der Waals surface area contributed by atoms with Crippen LogP contribution in [0.25, 0.3) is 0 Å². The SMILES string of the molecule is COc1cc(/C=N\OCc2cccc([N+](=O)[O-])c2)cc(I)c1OCc1ccc([N+](=O)[O-])cc1. The molecule has 3 aromatic carbocycles. The smallest absolute Gasteiger partial charge is 0.269 e. The van der Waals surface area contributed by atoms with Gasteiger partial charge in [0, 0.05) is 29.8 Å². The average molecular weight is 563 g/mol. The van der Waals surface area contributed by atoms with Gasteiger partial charge < -0.3 is 14.3 Å². The van der Waals surface area contributed by atoms with E-state index >= 15 is 0 Å². The van der Waals surface area contributed by atoms with E-state index in [4.69, 9.17) is 14.3 Å². The molecule has 170 valence electrons. The summed E-state index contributed by atoms with van der Waals surface area (Å²) in [6.45, 7) is 0.299. The molecule has 0 amide bonds. The van der Waals surface area contributed by atoms with Gasteiger partial charge in [-0.25, -0.2) is 0 Å². The second-order valence-electron chi connectivity index (χ2n) is 6.68. The number of methoxy groups -OCH3 is 1. The summed E-state index contributed by atoms with van der Waals surface area (Å²) in [6, 6.07) is 15.8. The zero-order chi connectivity index (χ0) is 23.8. The van der Waals surface area contributed by atoms with E-state index in [0.717, 1.165) is 9.13 Å². The van der Waals surface area contributed by atoms with Gasteiger partial charge in [-0.3, -0.25) is 20.2 Å². The van der Waals surface area contributed by atoms with Crippen LogP contribution in [0.15, 0.2) is 65.8 Å². The maximum Gasteiger partial charge on any atom is 0.269 e. The number of hydrogen-bond donors (Lipinski definition) is 0. The van der Waals surface area contributed by atoms with Crippen molar-refractivity contribution in [2.75, 3.05) is 7.11 Å². The Bertz CT molecular complexity index is 1180. The molecule has 3 aromatic rings. The quantitative estimate of drug-likeness (QED) is 0.143. The number of ether oxygens (including phenoxy) is 2. The number of nitro benzene ring substituents is 2. The van der Waals surface area contributed by atoms with Crippen LogP contribution in [0.4, 0.5) is 11.4 Å². The summed E-state index contributed by atoms with van der Waals surface area (Å²) in [4.78, 5) is 25.9. The van der Waals surface area contributed by atoms with Gasteiger partial charge in [-0.2, -0.15) is 0 Å². The van der Waals surface area contributed by atoms with E-state index in [1.54, 1.807) is 30.3 Å². The van der Waals surface area contributed by atoms with Crippen molar-refractivity contribution in [2.24, 2.45) is 5.16 Å². The van der Waals surface area contributed by atoms with E-state index < -0.39 is 9.85 Å². The van der Waals surface area contributed by atoms with Crippen LogP contribution in [0.2, 0.25) is 0 Å². The Kier molecular flexibility index (Phi) is 8.13. The number of nitro groups is 2. The van der Waals surface area contributed by atoms with Crippen molar-refractivity contribution in [1.29, 1.82) is 0 Å². The van der Waals surface area contributed by atoms with Crippen LogP contribution >= 0.6 is 22.6 Å². The van der Waals surface area contributed by atoms with Crippen LogP contribution in [0.5, 0.6) is 11.5 Å². The molecule has 0 heterocycles. The van der Waals surface area contributed by atoms with Gasteiger partial charge in [0.05, 0.1) is 26.7 Å². The number of oxime groups is 1. The molecule has 0 unspecified atom stereocenters. The van der Waals surface area contributed by atoms with Crippen LogP contribution < -0.4 is 9.47 Å². The number of rotatable bonds is 10. The summed E-state index contributed by atoms with van der Waals surface area (Å²) >= 11 is 2.11. The predicted octanol–water partition coefficient (Wildman–Crippen LogP) is 5.25. The Morgan fingerprint density at radius 2 is 1.67 bits per heavy atom. The van der Waals surface area contributed by atoms with E-state index in [9.17, 15) is 20.2 Å². The number of benzene rings is 3. The highest BCUT2D eigenvalue weighted by molar-refractivity contribution is 14.1. The molecule has 0 spiro atoms. The molecule has 0 radical (unpaired) electrons. The minimum Gasteiger partial charge on any atom is -0.493 e. The topological polar surface area (TPSA) is 126 Å². The highest BCUT2D eigenvalue weighted by Crippen LogP contribution is 2.34. The van der Waals surface area contributed by atoms with Crippen LogP contribution in [0.3, 0.4) is 0 Å². The Labute approximate surface area is 202 Å². The minimum absolute atomic E-state index is 0.0105. The minimum atomic E-state index is -0.466. The summed E-state index contributed by atoms with van der Waals surface area (Å²) in [7, 11) is 1.52. The Morgan fingerprint density at radius 3 is 2.33 bits per heavy atom. The van der Waals surface area contributed by atoms with Crippen molar-refractivity contribution in [3.05, 3.63) is 101 Å². The van der Waals surface area contributed by atoms with Crippen molar-refractivity contribution >= 4 is 40.2 Å². The molecule has 0 fully saturated rings. The summed E-state index contributed by atoms with van der Waals surface area (Å²) in [5.74, 6) is 1.02. The second-order valence-corrected chi connectivity index (χ2v) is 7.84. The van der Waals surface area contributed by atoms with Gasteiger partial charge in [0.1, 0.15) is 13.2 Å². The molecule has 33 heavy (non-hydrogen) atoms. The Hall–Kier alpha value is -3.74. The molecule has 11 heteroatoms. The van der Waals surface area contributed by atoms with Crippen LogP contribution in [0, 0.1) is 23.8 Å². The number of hydrogen-bond acceptors (Lipinski definition) is 8. The third-order valence-electron chi connectivity index (χ3n) is 4.41. The lowest BCUT2D eigenvalue weighted by Crippen LogP contribution is -2.01. The second kappa shape index (κ2) is 11.2. The fourth-order valence-electron chi connectivity index (χ4n) is 2.79. The number of non-ortho nitro benzene ring substituents is 2. The van der Waals surface area contributed by atoms with Gasteiger partial charge >= 0.3 is 0 Å². The first-order valence-electron chi connectivity index (χ1n) is 9.49. The molecule has 0 atom stereocenters. The number of halogens is 1. The first-order valence-corrected chi connectivity index (χ1v) is 10.6. The van der Waals surface area contributed by atoms with E-state index in [-0.39, 0.29) is 24.6 Å².